The van der Waals surface area contributed by atoms with E-state index in [1.165, 1.54) is 0 Å². The monoisotopic (exact) mass is 350 g/mol. The summed E-state index contributed by atoms with van der Waals surface area (Å²) in [5.74, 6) is -0.563. The first-order valence-corrected chi connectivity index (χ1v) is 8.82. The lowest BCUT2D eigenvalue weighted by Gasteiger charge is -2.40. The van der Waals surface area contributed by atoms with E-state index in [0.29, 0.717) is 24.6 Å². The van der Waals surface area contributed by atoms with Crippen LogP contribution in [-0.2, 0) is 4.74 Å². The highest BCUT2D eigenvalue weighted by molar-refractivity contribution is 5.86. The minimum Gasteiger partial charge on any atom is -0.476 e. The number of rotatable bonds is 3. The molecule has 0 bridgehead atoms. The molecule has 2 fully saturated rings. The van der Waals surface area contributed by atoms with Gasteiger partial charge in [0.15, 0.2) is 5.69 Å². The number of likely N-dealkylation sites (tertiary alicyclic amines) is 1. The number of aromatic nitrogens is 3. The molecule has 0 aromatic carbocycles. The normalized spacial score (nSPS) is 24.2. The Morgan fingerprint density at radius 2 is 1.92 bits per heavy atom. The second-order valence-corrected chi connectivity index (χ2v) is 8.03. The van der Waals surface area contributed by atoms with Crippen LogP contribution in [0.25, 0.3) is 0 Å². The van der Waals surface area contributed by atoms with Gasteiger partial charge in [0.2, 0.25) is 0 Å². The van der Waals surface area contributed by atoms with Gasteiger partial charge >= 0.3 is 12.1 Å². The Labute approximate surface area is 147 Å². The summed E-state index contributed by atoms with van der Waals surface area (Å²) in [5.41, 5.74) is 0.0521. The summed E-state index contributed by atoms with van der Waals surface area (Å²) in [6.45, 7) is 7.93. The van der Waals surface area contributed by atoms with Gasteiger partial charge in [0.1, 0.15) is 5.60 Å². The van der Waals surface area contributed by atoms with Gasteiger partial charge in [-0.2, -0.15) is 0 Å². The third kappa shape index (κ3) is 3.77. The molecule has 25 heavy (non-hydrogen) atoms. The van der Waals surface area contributed by atoms with Crippen molar-refractivity contribution in [1.82, 2.24) is 19.9 Å². The van der Waals surface area contributed by atoms with E-state index in [1.807, 2.05) is 25.7 Å². The quantitative estimate of drug-likeness (QED) is 0.900. The number of ether oxygens (including phenoxy) is 1. The zero-order valence-electron chi connectivity index (χ0n) is 15.2. The molecule has 3 rings (SSSR count). The van der Waals surface area contributed by atoms with Gasteiger partial charge in [-0.1, -0.05) is 5.21 Å². The molecule has 1 saturated heterocycles. The molecular weight excluding hydrogens is 324 g/mol. The van der Waals surface area contributed by atoms with E-state index in [2.05, 4.69) is 10.3 Å². The van der Waals surface area contributed by atoms with Crippen molar-refractivity contribution in [3.05, 3.63) is 11.4 Å². The first-order chi connectivity index (χ1) is 11.7. The van der Waals surface area contributed by atoms with E-state index < -0.39 is 11.6 Å². The second-order valence-electron chi connectivity index (χ2n) is 8.03. The number of hydrogen-bond acceptors (Lipinski definition) is 5. The van der Waals surface area contributed by atoms with Gasteiger partial charge in [0.25, 0.3) is 0 Å². The molecule has 8 nitrogen and oxygen atoms in total. The van der Waals surface area contributed by atoms with Crippen LogP contribution in [0, 0.1) is 12.8 Å². The number of carboxylic acids is 1. The lowest BCUT2D eigenvalue weighted by Crippen LogP contribution is -2.49. The highest BCUT2D eigenvalue weighted by Crippen LogP contribution is 2.42. The van der Waals surface area contributed by atoms with E-state index in [1.54, 1.807) is 11.6 Å². The minimum absolute atomic E-state index is 0.00227. The Morgan fingerprint density at radius 3 is 2.44 bits per heavy atom. The molecule has 2 heterocycles. The number of hydrogen-bond donors (Lipinski definition) is 1. The first kappa shape index (κ1) is 17.7. The summed E-state index contributed by atoms with van der Waals surface area (Å²) in [7, 11) is 0. The van der Waals surface area contributed by atoms with E-state index in [0.717, 1.165) is 19.3 Å². The third-order valence-electron chi connectivity index (χ3n) is 4.89. The van der Waals surface area contributed by atoms with Crippen LogP contribution in [0.1, 0.15) is 68.7 Å². The van der Waals surface area contributed by atoms with Crippen molar-refractivity contribution < 1.29 is 19.4 Å². The molecule has 0 radical (unpaired) electrons. The molecule has 0 unspecified atom stereocenters. The van der Waals surface area contributed by atoms with Crippen LogP contribution in [0.5, 0.6) is 0 Å². The molecule has 1 aromatic heterocycles. The summed E-state index contributed by atoms with van der Waals surface area (Å²) in [4.78, 5) is 25.6. The first-order valence-electron chi connectivity index (χ1n) is 8.82. The standard InChI is InChI=1S/C17H26N4O4/c1-10-14(15(22)23)18-19-21(10)12-7-8-20(13(9-12)11-5-6-11)16(24)25-17(2,3)4/h11-13H,5-9H2,1-4H3,(H,22,23)/t12-,13+/m1/s1. The zero-order valence-corrected chi connectivity index (χ0v) is 15.2. The number of amides is 1. The molecule has 8 heteroatoms. The van der Waals surface area contributed by atoms with Crippen molar-refractivity contribution >= 4 is 12.1 Å². The van der Waals surface area contributed by atoms with Crippen LogP contribution in [0.15, 0.2) is 0 Å². The molecule has 1 aliphatic heterocycles. The highest BCUT2D eigenvalue weighted by Gasteiger charge is 2.43. The van der Waals surface area contributed by atoms with Crippen molar-refractivity contribution in [2.24, 2.45) is 5.92 Å². The fourth-order valence-electron chi connectivity index (χ4n) is 3.56. The van der Waals surface area contributed by atoms with Crippen molar-refractivity contribution in [3.8, 4) is 0 Å². The molecule has 1 aliphatic carbocycles. The SMILES string of the molecule is Cc1c(C(=O)O)nnn1[C@@H]1CCN(C(=O)OC(C)(C)C)[C@H](C2CC2)C1. The van der Waals surface area contributed by atoms with Gasteiger partial charge in [-0.3, -0.25) is 0 Å². The van der Waals surface area contributed by atoms with E-state index in [4.69, 9.17) is 9.84 Å². The largest absolute Gasteiger partial charge is 0.476 e. The lowest BCUT2D eigenvalue weighted by atomic mass is 9.94. The Bertz CT molecular complexity index is 675. The summed E-state index contributed by atoms with van der Waals surface area (Å²) in [6.07, 6.45) is 3.45. The Hall–Kier alpha value is -2.12. The van der Waals surface area contributed by atoms with Crippen molar-refractivity contribution in [2.45, 2.75) is 71.1 Å². The molecule has 2 atom stereocenters. The van der Waals surface area contributed by atoms with Gasteiger partial charge in [-0.25, -0.2) is 14.3 Å². The van der Waals surface area contributed by atoms with E-state index in [-0.39, 0.29) is 23.9 Å². The zero-order chi connectivity index (χ0) is 18.4. The van der Waals surface area contributed by atoms with Crippen LogP contribution in [0.3, 0.4) is 0 Å². The van der Waals surface area contributed by atoms with Gasteiger partial charge in [0.05, 0.1) is 11.7 Å². The van der Waals surface area contributed by atoms with Crippen LogP contribution >= 0.6 is 0 Å². The van der Waals surface area contributed by atoms with Gasteiger partial charge in [0, 0.05) is 12.6 Å². The number of aromatic carboxylic acids is 1. The topological polar surface area (TPSA) is 97.5 Å². The number of carbonyl (C=O) groups excluding carboxylic acids is 1. The summed E-state index contributed by atoms with van der Waals surface area (Å²) in [5, 5.41) is 17.0. The fraction of sp³-hybridized carbons (Fsp3) is 0.765. The van der Waals surface area contributed by atoms with Crippen LogP contribution in [-0.4, -0.2) is 55.3 Å². The Morgan fingerprint density at radius 1 is 1.24 bits per heavy atom. The number of carboxylic acid groups (broad SMARTS) is 1. The molecule has 138 valence electrons. The predicted octanol–water partition coefficient (Wildman–Crippen LogP) is 2.64. The molecule has 1 amide bonds. The van der Waals surface area contributed by atoms with Crippen LogP contribution in [0.4, 0.5) is 4.79 Å². The average Bonchev–Trinajstić information content (AvgIpc) is 3.27. The van der Waals surface area contributed by atoms with Crippen molar-refractivity contribution in [1.29, 1.82) is 0 Å². The summed E-state index contributed by atoms with van der Waals surface area (Å²) in [6, 6.07) is 0.176. The van der Waals surface area contributed by atoms with Crippen molar-refractivity contribution in [3.63, 3.8) is 0 Å². The maximum Gasteiger partial charge on any atom is 0.410 e. The fourth-order valence-corrected chi connectivity index (χ4v) is 3.56. The molecule has 1 aromatic rings. The average molecular weight is 350 g/mol. The smallest absolute Gasteiger partial charge is 0.410 e. The second kappa shape index (κ2) is 6.31. The predicted molar refractivity (Wildman–Crippen MR) is 89.4 cm³/mol. The van der Waals surface area contributed by atoms with Gasteiger partial charge in [-0.05, 0) is 59.3 Å². The maximum absolute atomic E-state index is 12.6. The lowest BCUT2D eigenvalue weighted by molar-refractivity contribution is 0.00131. The van der Waals surface area contributed by atoms with Gasteiger partial charge in [-0.15, -0.1) is 5.10 Å². The molecular formula is C17H26N4O4. The highest BCUT2D eigenvalue weighted by atomic mass is 16.6. The third-order valence-corrected chi connectivity index (χ3v) is 4.89. The molecule has 1 saturated carbocycles. The number of piperidine rings is 1. The van der Waals surface area contributed by atoms with E-state index >= 15 is 0 Å². The molecule has 1 N–H and O–H groups in total. The van der Waals surface area contributed by atoms with E-state index in [9.17, 15) is 9.59 Å². The maximum atomic E-state index is 12.6. The van der Waals surface area contributed by atoms with Crippen LogP contribution < -0.4 is 0 Å². The summed E-state index contributed by atoms with van der Waals surface area (Å²) < 4.78 is 7.27. The number of nitrogens with zero attached hydrogens (tertiary/aromatic N) is 4. The minimum atomic E-state index is -1.06. The Balaban J connectivity index is 1.76. The van der Waals surface area contributed by atoms with Gasteiger partial charge < -0.3 is 14.7 Å². The molecule has 0 spiro atoms. The molecule has 2 aliphatic rings. The van der Waals surface area contributed by atoms with Crippen LogP contribution in [0.2, 0.25) is 0 Å². The van der Waals surface area contributed by atoms with Crippen molar-refractivity contribution in [2.75, 3.05) is 6.54 Å². The number of carbonyl (C=O) groups is 2. The Kier molecular flexibility index (Phi) is 4.47. The summed E-state index contributed by atoms with van der Waals surface area (Å²) >= 11 is 0.